The van der Waals surface area contributed by atoms with Crippen molar-refractivity contribution in [3.05, 3.63) is 59.2 Å². The summed E-state index contributed by atoms with van der Waals surface area (Å²) in [5.74, 6) is -0.0259. The zero-order valence-electron chi connectivity index (χ0n) is 10.3. The number of benzene rings is 2. The summed E-state index contributed by atoms with van der Waals surface area (Å²) in [6.07, 6.45) is 1.59. The minimum atomic E-state index is -1.20. The van der Waals surface area contributed by atoms with Gasteiger partial charge in [0.05, 0.1) is 5.97 Å². The number of fused-ring (bicyclic) bond motifs is 2. The van der Waals surface area contributed by atoms with Crippen LogP contribution in [0, 0.1) is 6.92 Å². The molecule has 0 bridgehead atoms. The van der Waals surface area contributed by atoms with E-state index in [1.54, 1.807) is 18.2 Å². The van der Waals surface area contributed by atoms with Gasteiger partial charge in [0.2, 0.25) is 0 Å². The average Bonchev–Trinajstić information content (AvgIpc) is 2.55. The third-order valence-corrected chi connectivity index (χ3v) is 3.08. The monoisotopic (exact) mass is 251 g/mol. The van der Waals surface area contributed by atoms with E-state index in [1.807, 2.05) is 37.3 Å². The van der Waals surface area contributed by atoms with Crippen LogP contribution < -0.4 is 9.84 Å². The quantitative estimate of drug-likeness (QED) is 0.782. The van der Waals surface area contributed by atoms with Gasteiger partial charge < -0.3 is 14.6 Å². The molecule has 0 saturated carbocycles. The van der Waals surface area contributed by atoms with Crippen LogP contribution in [0.5, 0.6) is 11.5 Å². The first-order valence-electron chi connectivity index (χ1n) is 5.96. The molecule has 1 aliphatic rings. The van der Waals surface area contributed by atoms with E-state index in [1.165, 1.54) is 0 Å². The highest BCUT2D eigenvalue weighted by Gasteiger charge is 2.17. The van der Waals surface area contributed by atoms with Gasteiger partial charge in [-0.2, -0.15) is 0 Å². The molecule has 0 saturated heterocycles. The predicted molar refractivity (Wildman–Crippen MR) is 70.6 cm³/mol. The number of carbonyl (C=O) groups is 1. The molecule has 3 rings (SSSR count). The Morgan fingerprint density at radius 2 is 1.89 bits per heavy atom. The minimum absolute atomic E-state index is 0.142. The molecule has 3 nitrogen and oxygen atoms in total. The molecule has 0 radical (unpaired) electrons. The van der Waals surface area contributed by atoms with E-state index in [4.69, 9.17) is 4.74 Å². The summed E-state index contributed by atoms with van der Waals surface area (Å²) in [4.78, 5) is 11.4. The molecule has 0 fully saturated rings. The second kappa shape index (κ2) is 4.28. The number of hydrogen-bond acceptors (Lipinski definition) is 3. The molecule has 94 valence electrons. The van der Waals surface area contributed by atoms with Crippen LogP contribution in [0.25, 0.3) is 11.6 Å². The molecule has 19 heavy (non-hydrogen) atoms. The fourth-order valence-electron chi connectivity index (χ4n) is 2.16. The lowest BCUT2D eigenvalue weighted by Crippen LogP contribution is -2.23. The first-order chi connectivity index (χ1) is 9.15. The Hall–Kier alpha value is -2.55. The fourth-order valence-corrected chi connectivity index (χ4v) is 2.16. The topological polar surface area (TPSA) is 49.4 Å². The van der Waals surface area contributed by atoms with E-state index in [0.29, 0.717) is 17.1 Å². The summed E-state index contributed by atoms with van der Waals surface area (Å²) in [5.41, 5.74) is 2.40. The fraction of sp³-hybridized carbons (Fsp3) is 0.0625. The Labute approximate surface area is 110 Å². The molecule has 0 atom stereocenters. The number of aryl methyl sites for hydroxylation is 1. The number of aliphatic carboxylic acids is 1. The van der Waals surface area contributed by atoms with Crippen molar-refractivity contribution in [2.75, 3.05) is 0 Å². The molecule has 0 spiro atoms. The molecule has 1 heterocycles. The van der Waals surface area contributed by atoms with E-state index in [9.17, 15) is 9.90 Å². The van der Waals surface area contributed by atoms with Crippen LogP contribution in [-0.4, -0.2) is 5.97 Å². The number of carboxylic acid groups (broad SMARTS) is 1. The van der Waals surface area contributed by atoms with E-state index < -0.39 is 5.97 Å². The summed E-state index contributed by atoms with van der Waals surface area (Å²) < 4.78 is 5.79. The smallest absolute Gasteiger partial charge is 0.135 e. The number of ether oxygens (including phenoxy) is 1. The van der Waals surface area contributed by atoms with Gasteiger partial charge in [0.1, 0.15) is 11.5 Å². The molecule has 2 aromatic carbocycles. The van der Waals surface area contributed by atoms with Gasteiger partial charge in [-0.05, 0) is 31.2 Å². The number of para-hydroxylation sites is 1. The highest BCUT2D eigenvalue weighted by Crippen LogP contribution is 2.37. The minimum Gasteiger partial charge on any atom is -0.545 e. The lowest BCUT2D eigenvalue weighted by molar-refractivity contribution is -0.295. The van der Waals surface area contributed by atoms with Crippen LogP contribution in [0.1, 0.15) is 16.7 Å². The van der Waals surface area contributed by atoms with E-state index in [2.05, 4.69) is 0 Å². The summed E-state index contributed by atoms with van der Waals surface area (Å²) in [5, 5.41) is 11.4. The molecular formula is C16H11O3-. The van der Waals surface area contributed by atoms with Crippen molar-refractivity contribution in [3.63, 3.8) is 0 Å². The van der Waals surface area contributed by atoms with Gasteiger partial charge in [0.15, 0.2) is 0 Å². The van der Waals surface area contributed by atoms with E-state index in [0.717, 1.165) is 11.1 Å². The Morgan fingerprint density at radius 1 is 1.11 bits per heavy atom. The Kier molecular flexibility index (Phi) is 2.60. The van der Waals surface area contributed by atoms with Gasteiger partial charge in [0.25, 0.3) is 0 Å². The van der Waals surface area contributed by atoms with Crippen molar-refractivity contribution in [1.82, 2.24) is 0 Å². The number of rotatable bonds is 1. The Bertz CT molecular complexity index is 699. The van der Waals surface area contributed by atoms with Crippen molar-refractivity contribution in [3.8, 4) is 11.5 Å². The first-order valence-corrected chi connectivity index (χ1v) is 5.96. The van der Waals surface area contributed by atoms with Crippen LogP contribution in [0.3, 0.4) is 0 Å². The molecule has 0 amide bonds. The summed E-state index contributed by atoms with van der Waals surface area (Å²) in [6.45, 7) is 1.91. The van der Waals surface area contributed by atoms with Gasteiger partial charge in [0, 0.05) is 16.7 Å². The average molecular weight is 251 g/mol. The van der Waals surface area contributed by atoms with Crippen LogP contribution in [0.4, 0.5) is 0 Å². The normalized spacial score (nSPS) is 12.6. The molecule has 2 aromatic rings. The summed E-state index contributed by atoms with van der Waals surface area (Å²) in [6, 6.07) is 12.8. The maximum atomic E-state index is 11.4. The zero-order chi connectivity index (χ0) is 13.4. The number of hydrogen-bond donors (Lipinski definition) is 0. The second-order valence-electron chi connectivity index (χ2n) is 4.48. The number of carbonyl (C=O) groups excluding carboxylic acids is 1. The maximum absolute atomic E-state index is 11.4. The van der Waals surface area contributed by atoms with Gasteiger partial charge in [-0.25, -0.2) is 0 Å². The molecule has 1 aliphatic heterocycles. The van der Waals surface area contributed by atoms with Gasteiger partial charge >= 0.3 is 0 Å². The van der Waals surface area contributed by atoms with Crippen molar-refractivity contribution in [1.29, 1.82) is 0 Å². The predicted octanol–water partition coefficient (Wildman–Crippen LogP) is 2.39. The first kappa shape index (κ1) is 11.5. The highest BCUT2D eigenvalue weighted by molar-refractivity contribution is 6.21. The van der Waals surface area contributed by atoms with Crippen molar-refractivity contribution in [2.24, 2.45) is 0 Å². The van der Waals surface area contributed by atoms with Crippen LogP contribution in [0.15, 0.2) is 42.5 Å². The lowest BCUT2D eigenvalue weighted by Gasteiger charge is -2.12. The SMILES string of the molecule is Cc1ccc2c(c1)C(C(=O)[O-])=Cc1ccccc1O2. The molecule has 0 aromatic heterocycles. The van der Waals surface area contributed by atoms with Crippen molar-refractivity contribution >= 4 is 17.6 Å². The van der Waals surface area contributed by atoms with E-state index in [-0.39, 0.29) is 5.57 Å². The molecule has 3 heteroatoms. The summed E-state index contributed by atoms with van der Waals surface area (Å²) >= 11 is 0. The summed E-state index contributed by atoms with van der Waals surface area (Å²) in [7, 11) is 0. The maximum Gasteiger partial charge on any atom is 0.135 e. The second-order valence-corrected chi connectivity index (χ2v) is 4.48. The third kappa shape index (κ3) is 1.99. The lowest BCUT2D eigenvalue weighted by atomic mass is 10.0. The Balaban J connectivity index is 2.30. The number of carboxylic acids is 1. The van der Waals surface area contributed by atoms with Crippen molar-refractivity contribution < 1.29 is 14.6 Å². The van der Waals surface area contributed by atoms with Crippen LogP contribution >= 0.6 is 0 Å². The van der Waals surface area contributed by atoms with Crippen LogP contribution in [-0.2, 0) is 4.79 Å². The molecule has 0 aliphatic carbocycles. The van der Waals surface area contributed by atoms with Gasteiger partial charge in [-0.15, -0.1) is 0 Å². The highest BCUT2D eigenvalue weighted by atomic mass is 16.5. The molecule has 0 unspecified atom stereocenters. The third-order valence-electron chi connectivity index (χ3n) is 3.08. The molecule has 0 N–H and O–H groups in total. The van der Waals surface area contributed by atoms with Gasteiger partial charge in [-0.3, -0.25) is 0 Å². The zero-order valence-corrected chi connectivity index (χ0v) is 10.3. The standard InChI is InChI=1S/C16H12O3/c1-10-6-7-15-12(8-10)13(16(17)18)9-11-4-2-3-5-14(11)19-15/h2-9H,1H3,(H,17,18)/p-1. The van der Waals surface area contributed by atoms with Crippen LogP contribution in [0.2, 0.25) is 0 Å². The largest absolute Gasteiger partial charge is 0.545 e. The van der Waals surface area contributed by atoms with Gasteiger partial charge in [-0.1, -0.05) is 29.8 Å². The van der Waals surface area contributed by atoms with E-state index >= 15 is 0 Å². The van der Waals surface area contributed by atoms with Crippen molar-refractivity contribution in [2.45, 2.75) is 6.92 Å². The Morgan fingerprint density at radius 3 is 2.68 bits per heavy atom. The molecular weight excluding hydrogens is 240 g/mol.